The average Bonchev–Trinajstić information content (AvgIpc) is 2.87. The maximum absolute atomic E-state index is 9.20. The van der Waals surface area contributed by atoms with Crippen molar-refractivity contribution < 1.29 is 23.4 Å². The lowest BCUT2D eigenvalue weighted by molar-refractivity contribution is -0.274. The molecule has 0 N–H and O–H groups in total. The standard InChI is InChI=1S/C27H39N3O5Si/c1-7-32-25-23(29-30-28)26(33-8-2)35-22(24(25)31-6)19-34-36(27(3,4)5,20-15-11-9-12-16-20)21-17-13-10-14-18-21/h9-18,22-26H,7-8,19H2,1-6H3/t22?,23?,24-,25+,26?/m0/s1. The second kappa shape index (κ2) is 12.8. The van der Waals surface area contributed by atoms with E-state index in [4.69, 9.17) is 23.4 Å². The molecular weight excluding hydrogens is 474 g/mol. The monoisotopic (exact) mass is 513 g/mol. The Balaban J connectivity index is 2.04. The van der Waals surface area contributed by atoms with Gasteiger partial charge in [-0.25, -0.2) is 0 Å². The molecular formula is C27H39N3O5Si. The van der Waals surface area contributed by atoms with E-state index in [-0.39, 0.29) is 11.6 Å². The molecule has 9 heteroatoms. The molecule has 8 nitrogen and oxygen atoms in total. The Kier molecular flexibility index (Phi) is 10.1. The lowest BCUT2D eigenvalue weighted by Gasteiger charge is -2.47. The summed E-state index contributed by atoms with van der Waals surface area (Å²) in [6.07, 6.45) is -2.29. The number of nitrogens with zero attached hydrogens (tertiary/aromatic N) is 3. The Hall–Kier alpha value is -2.23. The fraction of sp³-hybridized carbons (Fsp3) is 0.556. The predicted molar refractivity (Wildman–Crippen MR) is 143 cm³/mol. The van der Waals surface area contributed by atoms with Gasteiger partial charge in [0.1, 0.15) is 18.2 Å². The highest BCUT2D eigenvalue weighted by Crippen LogP contribution is 2.38. The van der Waals surface area contributed by atoms with Gasteiger partial charge in [-0.1, -0.05) is 86.5 Å². The van der Waals surface area contributed by atoms with E-state index in [0.717, 1.165) is 0 Å². The second-order valence-electron chi connectivity index (χ2n) is 9.79. The van der Waals surface area contributed by atoms with Gasteiger partial charge in [0.25, 0.3) is 8.32 Å². The molecule has 2 aromatic rings. The summed E-state index contributed by atoms with van der Waals surface area (Å²) in [7, 11) is -1.17. The van der Waals surface area contributed by atoms with Crippen molar-refractivity contribution in [3.8, 4) is 0 Å². The number of azide groups is 1. The third kappa shape index (κ3) is 5.84. The maximum atomic E-state index is 9.20. The SMILES string of the molecule is CCOC1OC(CO[Si](c2ccccc2)(c2ccccc2)C(C)(C)C)[C@H](OC)[C@H](OCC)C1N=[N+]=[N-]. The van der Waals surface area contributed by atoms with Crippen LogP contribution in [0.1, 0.15) is 34.6 Å². The van der Waals surface area contributed by atoms with Crippen LogP contribution >= 0.6 is 0 Å². The first kappa shape index (κ1) is 28.3. The van der Waals surface area contributed by atoms with Crippen molar-refractivity contribution >= 4 is 18.7 Å². The molecule has 1 heterocycles. The van der Waals surface area contributed by atoms with Gasteiger partial charge in [-0.05, 0) is 34.8 Å². The molecule has 0 aliphatic carbocycles. The molecule has 1 fully saturated rings. The van der Waals surface area contributed by atoms with Crippen LogP contribution < -0.4 is 10.4 Å². The van der Waals surface area contributed by atoms with E-state index in [9.17, 15) is 5.53 Å². The molecule has 0 spiro atoms. The van der Waals surface area contributed by atoms with E-state index in [1.165, 1.54) is 10.4 Å². The number of methoxy groups -OCH3 is 1. The van der Waals surface area contributed by atoms with Gasteiger partial charge in [0, 0.05) is 25.2 Å². The van der Waals surface area contributed by atoms with E-state index in [1.54, 1.807) is 7.11 Å². The van der Waals surface area contributed by atoms with E-state index in [0.29, 0.717) is 13.2 Å². The first-order chi connectivity index (χ1) is 17.3. The van der Waals surface area contributed by atoms with Crippen molar-refractivity contribution in [1.29, 1.82) is 0 Å². The van der Waals surface area contributed by atoms with Crippen LogP contribution in [0.15, 0.2) is 65.8 Å². The molecule has 1 aliphatic rings. The zero-order chi connectivity index (χ0) is 26.2. The highest BCUT2D eigenvalue weighted by atomic mass is 28.4. The predicted octanol–water partition coefficient (Wildman–Crippen LogP) is 4.42. The molecule has 5 atom stereocenters. The number of hydrogen-bond acceptors (Lipinski definition) is 6. The van der Waals surface area contributed by atoms with Crippen molar-refractivity contribution in [2.24, 2.45) is 5.11 Å². The maximum Gasteiger partial charge on any atom is 0.261 e. The Labute approximate surface area is 215 Å². The molecule has 0 amide bonds. The molecule has 0 radical (unpaired) electrons. The van der Waals surface area contributed by atoms with Gasteiger partial charge in [-0.15, -0.1) is 0 Å². The second-order valence-corrected chi connectivity index (χ2v) is 14.1. The van der Waals surface area contributed by atoms with Crippen LogP contribution in [0, 0.1) is 0 Å². The third-order valence-corrected chi connectivity index (χ3v) is 11.6. The van der Waals surface area contributed by atoms with Crippen molar-refractivity contribution in [3.05, 3.63) is 71.1 Å². The number of rotatable bonds is 11. The molecule has 0 bridgehead atoms. The highest BCUT2D eigenvalue weighted by molar-refractivity contribution is 6.99. The van der Waals surface area contributed by atoms with Crippen LogP contribution in [-0.2, 0) is 23.4 Å². The smallest absolute Gasteiger partial charge is 0.261 e. The van der Waals surface area contributed by atoms with Crippen molar-refractivity contribution in [1.82, 2.24) is 0 Å². The minimum Gasteiger partial charge on any atom is -0.405 e. The summed E-state index contributed by atoms with van der Waals surface area (Å²) < 4.78 is 31.2. The average molecular weight is 514 g/mol. The van der Waals surface area contributed by atoms with Gasteiger partial charge in [0.05, 0.1) is 12.7 Å². The molecule has 3 rings (SSSR count). The Bertz CT molecular complexity index is 942. The molecule has 2 aromatic carbocycles. The summed E-state index contributed by atoms with van der Waals surface area (Å²) in [6.45, 7) is 11.6. The van der Waals surface area contributed by atoms with E-state index >= 15 is 0 Å². The minimum absolute atomic E-state index is 0.181. The van der Waals surface area contributed by atoms with Gasteiger partial charge in [0.15, 0.2) is 6.29 Å². The largest absolute Gasteiger partial charge is 0.405 e. The molecule has 3 unspecified atom stereocenters. The minimum atomic E-state index is -2.79. The van der Waals surface area contributed by atoms with Gasteiger partial charge in [-0.3, -0.25) is 0 Å². The lowest BCUT2D eigenvalue weighted by atomic mass is 9.97. The summed E-state index contributed by atoms with van der Waals surface area (Å²) in [4.78, 5) is 3.02. The van der Waals surface area contributed by atoms with Crippen molar-refractivity contribution in [3.63, 3.8) is 0 Å². The first-order valence-corrected chi connectivity index (χ1v) is 14.5. The summed E-state index contributed by atoms with van der Waals surface area (Å²) in [5, 5.41) is 6.14. The lowest BCUT2D eigenvalue weighted by Crippen LogP contribution is -2.68. The van der Waals surface area contributed by atoms with Gasteiger partial charge < -0.3 is 23.4 Å². The molecule has 0 aromatic heterocycles. The topological polar surface area (TPSA) is 94.9 Å². The van der Waals surface area contributed by atoms with Crippen molar-refractivity contribution in [2.45, 2.75) is 70.3 Å². The fourth-order valence-electron chi connectivity index (χ4n) is 5.15. The van der Waals surface area contributed by atoms with Crippen LogP contribution in [0.3, 0.4) is 0 Å². The molecule has 0 saturated carbocycles. The summed E-state index contributed by atoms with van der Waals surface area (Å²) in [5.74, 6) is 0. The Morgan fingerprint density at radius 2 is 1.47 bits per heavy atom. The molecule has 1 aliphatic heterocycles. The van der Waals surface area contributed by atoms with Crippen LogP contribution in [-0.4, -0.2) is 65.9 Å². The van der Waals surface area contributed by atoms with Gasteiger partial charge in [0.2, 0.25) is 0 Å². The normalized spacial score (nSPS) is 24.8. The van der Waals surface area contributed by atoms with Gasteiger partial charge >= 0.3 is 0 Å². The van der Waals surface area contributed by atoms with E-state index in [2.05, 4.69) is 79.3 Å². The van der Waals surface area contributed by atoms with Crippen LogP contribution in [0.4, 0.5) is 0 Å². The number of ether oxygens (including phenoxy) is 4. The zero-order valence-electron chi connectivity index (χ0n) is 22.2. The van der Waals surface area contributed by atoms with Crippen LogP contribution in [0.25, 0.3) is 10.4 Å². The van der Waals surface area contributed by atoms with E-state index < -0.39 is 39.0 Å². The molecule has 1 saturated heterocycles. The quantitative estimate of drug-likeness (QED) is 0.192. The number of benzene rings is 2. The van der Waals surface area contributed by atoms with Crippen molar-refractivity contribution in [2.75, 3.05) is 26.9 Å². The van der Waals surface area contributed by atoms with E-state index in [1.807, 2.05) is 26.0 Å². The van der Waals surface area contributed by atoms with Crippen LogP contribution in [0.2, 0.25) is 5.04 Å². The summed E-state index contributed by atoms with van der Waals surface area (Å²) >= 11 is 0. The summed E-state index contributed by atoms with van der Waals surface area (Å²) in [5.41, 5.74) is 9.20. The third-order valence-electron chi connectivity index (χ3n) is 6.64. The Morgan fingerprint density at radius 3 is 1.92 bits per heavy atom. The highest BCUT2D eigenvalue weighted by Gasteiger charge is 2.53. The summed E-state index contributed by atoms with van der Waals surface area (Å²) in [6, 6.07) is 20.2. The fourth-order valence-corrected chi connectivity index (χ4v) is 9.72. The molecule has 36 heavy (non-hydrogen) atoms. The Morgan fingerprint density at radius 1 is 0.917 bits per heavy atom. The van der Waals surface area contributed by atoms with Gasteiger partial charge in [-0.2, -0.15) is 0 Å². The molecule has 196 valence electrons. The first-order valence-electron chi connectivity index (χ1n) is 12.5. The number of hydrogen-bond donors (Lipinski definition) is 0. The zero-order valence-corrected chi connectivity index (χ0v) is 23.2. The van der Waals surface area contributed by atoms with Crippen LogP contribution in [0.5, 0.6) is 0 Å².